The molecule has 0 saturated carbocycles. The molecule has 0 aliphatic heterocycles. The summed E-state index contributed by atoms with van der Waals surface area (Å²) in [4.78, 5) is 37.5. The quantitative estimate of drug-likeness (QED) is 0.452. The molecular weight excluding hydrogens is 410 g/mol. The summed E-state index contributed by atoms with van der Waals surface area (Å²) in [6.07, 6.45) is -0.687. The van der Waals surface area contributed by atoms with E-state index in [1.165, 1.54) is 29.6 Å². The van der Waals surface area contributed by atoms with Gasteiger partial charge in [-0.3, -0.25) is 14.4 Å². The Balaban J connectivity index is 1.50. The molecule has 2 heterocycles. The van der Waals surface area contributed by atoms with Gasteiger partial charge >= 0.3 is 11.8 Å². The zero-order chi connectivity index (χ0) is 20.8. The van der Waals surface area contributed by atoms with E-state index < -0.39 is 17.9 Å². The van der Waals surface area contributed by atoms with E-state index in [0.717, 1.165) is 14.6 Å². The summed E-state index contributed by atoms with van der Waals surface area (Å²) in [6, 6.07) is 13.8. The van der Waals surface area contributed by atoms with Crippen LogP contribution >= 0.6 is 22.7 Å². The number of amides is 3. The first-order valence-corrected chi connectivity index (χ1v) is 10.4. The Morgan fingerprint density at radius 3 is 2.24 bits per heavy atom. The number of nitrogens with one attached hydrogen (secondary N) is 3. The summed E-state index contributed by atoms with van der Waals surface area (Å²) < 4.78 is 0. The van der Waals surface area contributed by atoms with Crippen LogP contribution in [0.2, 0.25) is 0 Å². The molecule has 3 rings (SSSR count). The standard InChI is InChI=1S/C20H19N3O4S2/c1-12(24)22-13-4-6-14(7-5-13)23-20(27)19(26)21-11-15-8-9-17(29-15)18(25)16-3-2-10-28-16/h2-10,18,25H,11H2,1H3,(H,21,26)(H,22,24)(H,23,27). The van der Waals surface area contributed by atoms with Crippen molar-refractivity contribution >= 4 is 51.8 Å². The third-order valence-electron chi connectivity index (χ3n) is 3.86. The number of carbonyl (C=O) groups excluding carboxylic acids is 3. The molecule has 0 aliphatic carbocycles. The van der Waals surface area contributed by atoms with Crippen LogP contribution in [-0.4, -0.2) is 22.8 Å². The first-order chi connectivity index (χ1) is 13.9. The number of aliphatic hydroxyl groups is 1. The first kappa shape index (κ1) is 20.7. The van der Waals surface area contributed by atoms with Crippen molar-refractivity contribution < 1.29 is 19.5 Å². The molecule has 29 heavy (non-hydrogen) atoms. The number of carbonyl (C=O) groups is 3. The number of aliphatic hydroxyl groups excluding tert-OH is 1. The van der Waals surface area contributed by atoms with Crippen molar-refractivity contribution in [1.82, 2.24) is 5.32 Å². The highest BCUT2D eigenvalue weighted by molar-refractivity contribution is 7.12. The van der Waals surface area contributed by atoms with Gasteiger partial charge < -0.3 is 21.1 Å². The predicted molar refractivity (Wildman–Crippen MR) is 114 cm³/mol. The van der Waals surface area contributed by atoms with Crippen molar-refractivity contribution in [3.63, 3.8) is 0 Å². The van der Waals surface area contributed by atoms with Crippen LogP contribution in [0.4, 0.5) is 11.4 Å². The average Bonchev–Trinajstić information content (AvgIpc) is 3.39. The van der Waals surface area contributed by atoms with E-state index in [2.05, 4.69) is 16.0 Å². The molecule has 0 aliphatic rings. The van der Waals surface area contributed by atoms with Crippen LogP contribution in [0, 0.1) is 0 Å². The van der Waals surface area contributed by atoms with E-state index in [-0.39, 0.29) is 12.5 Å². The lowest BCUT2D eigenvalue weighted by Crippen LogP contribution is -2.34. The van der Waals surface area contributed by atoms with E-state index in [1.807, 2.05) is 29.6 Å². The molecular formula is C20H19N3O4S2. The zero-order valence-electron chi connectivity index (χ0n) is 15.5. The SMILES string of the molecule is CC(=O)Nc1ccc(NC(=O)C(=O)NCc2ccc(C(O)c3cccs3)s2)cc1. The number of hydrogen-bond acceptors (Lipinski definition) is 6. The number of hydrogen-bond donors (Lipinski definition) is 4. The van der Waals surface area contributed by atoms with E-state index in [9.17, 15) is 19.5 Å². The molecule has 0 fully saturated rings. The summed E-state index contributed by atoms with van der Waals surface area (Å²) >= 11 is 2.85. The van der Waals surface area contributed by atoms with Gasteiger partial charge in [0.1, 0.15) is 6.10 Å². The molecule has 150 valence electrons. The molecule has 4 N–H and O–H groups in total. The van der Waals surface area contributed by atoms with E-state index in [1.54, 1.807) is 24.3 Å². The van der Waals surface area contributed by atoms with Gasteiger partial charge in [0, 0.05) is 32.9 Å². The van der Waals surface area contributed by atoms with Gasteiger partial charge in [0.25, 0.3) is 0 Å². The number of rotatable bonds is 6. The Bertz CT molecular complexity index is 997. The van der Waals surface area contributed by atoms with Crippen LogP contribution < -0.4 is 16.0 Å². The van der Waals surface area contributed by atoms with Gasteiger partial charge in [0.15, 0.2) is 0 Å². The fourth-order valence-corrected chi connectivity index (χ4v) is 4.26. The number of anilines is 2. The normalized spacial score (nSPS) is 11.5. The summed E-state index contributed by atoms with van der Waals surface area (Å²) in [5.74, 6) is -1.74. The van der Waals surface area contributed by atoms with Gasteiger partial charge in [-0.1, -0.05) is 6.07 Å². The number of benzene rings is 1. The summed E-state index contributed by atoms with van der Waals surface area (Å²) in [5, 5.41) is 19.9. The lowest BCUT2D eigenvalue weighted by molar-refractivity contribution is -0.136. The Morgan fingerprint density at radius 1 is 0.931 bits per heavy atom. The van der Waals surface area contributed by atoms with Crippen molar-refractivity contribution in [2.45, 2.75) is 19.6 Å². The van der Waals surface area contributed by atoms with Crippen molar-refractivity contribution in [2.75, 3.05) is 10.6 Å². The molecule has 7 nitrogen and oxygen atoms in total. The molecule has 1 atom stereocenters. The third kappa shape index (κ3) is 5.74. The van der Waals surface area contributed by atoms with Gasteiger partial charge in [-0.25, -0.2) is 0 Å². The first-order valence-electron chi connectivity index (χ1n) is 8.69. The molecule has 9 heteroatoms. The van der Waals surface area contributed by atoms with Crippen LogP contribution in [0.5, 0.6) is 0 Å². The fraction of sp³-hybridized carbons (Fsp3) is 0.150. The van der Waals surface area contributed by atoms with Crippen LogP contribution in [0.25, 0.3) is 0 Å². The molecule has 0 bridgehead atoms. The van der Waals surface area contributed by atoms with Crippen molar-refractivity contribution in [2.24, 2.45) is 0 Å². The van der Waals surface area contributed by atoms with Crippen LogP contribution in [0.15, 0.2) is 53.9 Å². The summed E-state index contributed by atoms with van der Waals surface area (Å²) in [6.45, 7) is 1.59. The van der Waals surface area contributed by atoms with Crippen LogP contribution in [-0.2, 0) is 20.9 Å². The fourth-order valence-electron chi connectivity index (χ4n) is 2.50. The van der Waals surface area contributed by atoms with Crippen molar-refractivity contribution in [1.29, 1.82) is 0 Å². The molecule has 0 radical (unpaired) electrons. The third-order valence-corrected chi connectivity index (χ3v) is 5.92. The largest absolute Gasteiger partial charge is 0.382 e. The minimum atomic E-state index is -0.785. The molecule has 1 unspecified atom stereocenters. The van der Waals surface area contributed by atoms with Gasteiger partial charge in [-0.05, 0) is 47.8 Å². The molecule has 2 aromatic heterocycles. The molecule has 3 aromatic rings. The highest BCUT2D eigenvalue weighted by Gasteiger charge is 2.16. The van der Waals surface area contributed by atoms with Crippen LogP contribution in [0.1, 0.15) is 27.7 Å². The smallest absolute Gasteiger partial charge is 0.313 e. The maximum Gasteiger partial charge on any atom is 0.313 e. The lowest BCUT2D eigenvalue weighted by Gasteiger charge is -2.07. The molecule has 0 spiro atoms. The summed E-state index contributed by atoms with van der Waals surface area (Å²) in [5.41, 5.74) is 1.04. The maximum absolute atomic E-state index is 12.0. The summed E-state index contributed by atoms with van der Waals surface area (Å²) in [7, 11) is 0. The zero-order valence-corrected chi connectivity index (χ0v) is 17.1. The van der Waals surface area contributed by atoms with E-state index >= 15 is 0 Å². The van der Waals surface area contributed by atoms with Gasteiger partial charge in [0.2, 0.25) is 5.91 Å². The predicted octanol–water partition coefficient (Wildman–Crippen LogP) is 3.10. The van der Waals surface area contributed by atoms with Crippen molar-refractivity contribution in [3.8, 4) is 0 Å². The van der Waals surface area contributed by atoms with Crippen molar-refractivity contribution in [3.05, 3.63) is 68.5 Å². The van der Waals surface area contributed by atoms with Crippen LogP contribution in [0.3, 0.4) is 0 Å². The molecule has 0 saturated heterocycles. The Kier molecular flexibility index (Phi) is 6.76. The number of thiophene rings is 2. The second-order valence-corrected chi connectivity index (χ2v) is 8.30. The highest BCUT2D eigenvalue weighted by Crippen LogP contribution is 2.30. The molecule has 1 aromatic carbocycles. The highest BCUT2D eigenvalue weighted by atomic mass is 32.1. The van der Waals surface area contributed by atoms with Gasteiger partial charge in [0.05, 0.1) is 6.54 Å². The Hall–Kier alpha value is -3.01. The Labute approximate surface area is 175 Å². The Morgan fingerprint density at radius 2 is 1.62 bits per heavy atom. The van der Waals surface area contributed by atoms with E-state index in [4.69, 9.17) is 0 Å². The lowest BCUT2D eigenvalue weighted by atomic mass is 10.2. The molecule has 3 amide bonds. The van der Waals surface area contributed by atoms with Gasteiger partial charge in [-0.15, -0.1) is 22.7 Å². The van der Waals surface area contributed by atoms with Gasteiger partial charge in [-0.2, -0.15) is 0 Å². The minimum Gasteiger partial charge on any atom is -0.382 e. The maximum atomic E-state index is 12.0. The monoisotopic (exact) mass is 429 g/mol. The minimum absolute atomic E-state index is 0.190. The van der Waals surface area contributed by atoms with E-state index in [0.29, 0.717) is 11.4 Å². The second-order valence-electron chi connectivity index (χ2n) is 6.12. The average molecular weight is 430 g/mol. The topological polar surface area (TPSA) is 108 Å². The second kappa shape index (κ2) is 9.46.